The first kappa shape index (κ1) is 18.9. The summed E-state index contributed by atoms with van der Waals surface area (Å²) < 4.78 is 48.8. The lowest BCUT2D eigenvalue weighted by atomic mass is 9.92. The molecule has 0 atom stereocenters. The van der Waals surface area contributed by atoms with Crippen LogP contribution < -0.4 is 19.7 Å². The van der Waals surface area contributed by atoms with E-state index in [-0.39, 0.29) is 5.69 Å². The van der Waals surface area contributed by atoms with E-state index in [1.165, 1.54) is 13.2 Å². The zero-order valence-electron chi connectivity index (χ0n) is 15.1. The molecule has 0 bridgehead atoms. The molecule has 2 aromatic rings. The minimum Gasteiger partial charge on any atom is -0.493 e. The number of amides is 1. The molecule has 27 heavy (non-hydrogen) atoms. The topological polar surface area (TPSA) is 50.8 Å². The number of rotatable bonds is 4. The maximum absolute atomic E-state index is 12.7. The molecule has 1 aliphatic rings. The molecule has 0 aliphatic carbocycles. The molecule has 3 rings (SSSR count). The van der Waals surface area contributed by atoms with E-state index in [9.17, 15) is 18.0 Å². The molecule has 1 N–H and O–H groups in total. The third kappa shape index (κ3) is 3.39. The average Bonchev–Trinajstić information content (AvgIpc) is 2.65. The molecule has 1 heterocycles. The largest absolute Gasteiger partial charge is 0.493 e. The van der Waals surface area contributed by atoms with Gasteiger partial charge in [0, 0.05) is 18.7 Å². The van der Waals surface area contributed by atoms with E-state index in [0.717, 1.165) is 16.7 Å². The number of anilines is 2. The second-order valence-corrected chi connectivity index (χ2v) is 6.03. The summed E-state index contributed by atoms with van der Waals surface area (Å²) in [5.41, 5.74) is 3.19. The highest BCUT2D eigenvalue weighted by molar-refractivity contribution is 6.01. The Hall–Kier alpha value is -2.90. The van der Waals surface area contributed by atoms with Gasteiger partial charge in [-0.3, -0.25) is 4.79 Å². The number of benzene rings is 2. The molecule has 5 nitrogen and oxygen atoms in total. The van der Waals surface area contributed by atoms with Gasteiger partial charge in [-0.25, -0.2) is 0 Å². The van der Waals surface area contributed by atoms with Gasteiger partial charge in [0.2, 0.25) is 0 Å². The Morgan fingerprint density at radius 2 is 1.81 bits per heavy atom. The second-order valence-electron chi connectivity index (χ2n) is 6.03. The lowest BCUT2D eigenvalue weighted by molar-refractivity contribution is -0.167. The van der Waals surface area contributed by atoms with Crippen LogP contribution in [0.25, 0.3) is 11.1 Å². The van der Waals surface area contributed by atoms with Crippen molar-refractivity contribution in [1.29, 1.82) is 0 Å². The van der Waals surface area contributed by atoms with Crippen LogP contribution in [0, 0.1) is 0 Å². The fourth-order valence-corrected chi connectivity index (χ4v) is 3.25. The number of para-hydroxylation sites is 1. The van der Waals surface area contributed by atoms with Gasteiger partial charge in [0.05, 0.1) is 25.6 Å². The molecule has 1 aliphatic heterocycles. The van der Waals surface area contributed by atoms with E-state index in [1.807, 2.05) is 29.3 Å². The van der Waals surface area contributed by atoms with Gasteiger partial charge in [-0.05, 0) is 36.2 Å². The molecule has 2 aromatic carbocycles. The van der Waals surface area contributed by atoms with Crippen molar-refractivity contribution in [2.45, 2.75) is 19.6 Å². The van der Waals surface area contributed by atoms with Gasteiger partial charge in [0.1, 0.15) is 0 Å². The smallest absolute Gasteiger partial charge is 0.471 e. The maximum Gasteiger partial charge on any atom is 0.471 e. The Morgan fingerprint density at radius 3 is 2.41 bits per heavy atom. The molecule has 0 radical (unpaired) electrons. The van der Waals surface area contributed by atoms with Crippen molar-refractivity contribution in [3.05, 3.63) is 35.9 Å². The van der Waals surface area contributed by atoms with Crippen molar-refractivity contribution in [2.24, 2.45) is 0 Å². The molecule has 144 valence electrons. The van der Waals surface area contributed by atoms with Crippen molar-refractivity contribution in [3.8, 4) is 22.6 Å². The van der Waals surface area contributed by atoms with Crippen LogP contribution in [0.5, 0.6) is 11.5 Å². The van der Waals surface area contributed by atoms with Crippen molar-refractivity contribution in [3.63, 3.8) is 0 Å². The first-order valence-electron chi connectivity index (χ1n) is 8.31. The molecular formula is C19H19F3N2O3. The zero-order valence-corrected chi connectivity index (χ0v) is 15.1. The number of nitrogens with one attached hydrogen (secondary N) is 1. The van der Waals surface area contributed by atoms with E-state index in [2.05, 4.69) is 0 Å². The van der Waals surface area contributed by atoms with E-state index < -0.39 is 12.1 Å². The minimum atomic E-state index is -4.96. The Morgan fingerprint density at radius 1 is 1.15 bits per heavy atom. The van der Waals surface area contributed by atoms with Gasteiger partial charge in [-0.15, -0.1) is 0 Å². The molecule has 0 fully saturated rings. The number of alkyl halides is 3. The van der Waals surface area contributed by atoms with Crippen LogP contribution in [-0.2, 0) is 11.3 Å². The quantitative estimate of drug-likeness (QED) is 0.863. The molecule has 0 spiro atoms. The van der Waals surface area contributed by atoms with E-state index in [1.54, 1.807) is 19.2 Å². The van der Waals surface area contributed by atoms with Crippen LogP contribution in [0.4, 0.5) is 24.5 Å². The Bertz CT molecular complexity index is 881. The summed E-state index contributed by atoms with van der Waals surface area (Å²) in [5.74, 6) is -0.890. The first-order valence-corrected chi connectivity index (χ1v) is 8.31. The second kappa shape index (κ2) is 7.02. The molecule has 0 saturated carbocycles. The maximum atomic E-state index is 12.7. The molecule has 1 amide bonds. The summed E-state index contributed by atoms with van der Waals surface area (Å²) in [6, 6.07) is 8.56. The van der Waals surface area contributed by atoms with Crippen LogP contribution in [-0.4, -0.2) is 32.8 Å². The predicted molar refractivity (Wildman–Crippen MR) is 96.4 cm³/mol. The Labute approximate surface area is 154 Å². The Kier molecular flexibility index (Phi) is 4.91. The number of fused-ring (bicyclic) bond motifs is 3. The van der Waals surface area contributed by atoms with Gasteiger partial charge >= 0.3 is 12.1 Å². The van der Waals surface area contributed by atoms with Crippen LogP contribution in [0.2, 0.25) is 0 Å². The van der Waals surface area contributed by atoms with Crippen molar-refractivity contribution >= 4 is 17.3 Å². The number of ether oxygens (including phenoxy) is 2. The number of carbonyl (C=O) groups excluding carboxylic acids is 1. The van der Waals surface area contributed by atoms with Gasteiger partial charge in [-0.1, -0.05) is 12.1 Å². The highest BCUT2D eigenvalue weighted by atomic mass is 19.4. The highest BCUT2D eigenvalue weighted by Crippen LogP contribution is 2.46. The fraction of sp³-hybridized carbons (Fsp3) is 0.316. The van der Waals surface area contributed by atoms with Crippen LogP contribution in [0.1, 0.15) is 12.5 Å². The van der Waals surface area contributed by atoms with E-state index in [0.29, 0.717) is 30.3 Å². The number of methoxy groups -OCH3 is 2. The third-order valence-corrected chi connectivity index (χ3v) is 4.50. The van der Waals surface area contributed by atoms with Crippen LogP contribution in [0.3, 0.4) is 0 Å². The van der Waals surface area contributed by atoms with Gasteiger partial charge < -0.3 is 19.7 Å². The van der Waals surface area contributed by atoms with Crippen molar-refractivity contribution in [2.75, 3.05) is 31.0 Å². The van der Waals surface area contributed by atoms with Crippen molar-refractivity contribution < 1.29 is 27.4 Å². The minimum absolute atomic E-state index is 0.122. The molecule has 0 aromatic heterocycles. The normalized spacial score (nSPS) is 12.9. The highest BCUT2D eigenvalue weighted by Gasteiger charge is 2.39. The molecule has 8 heteroatoms. The molecule has 0 saturated heterocycles. The number of hydrogen-bond acceptors (Lipinski definition) is 4. The van der Waals surface area contributed by atoms with Crippen molar-refractivity contribution in [1.82, 2.24) is 0 Å². The fourth-order valence-electron chi connectivity index (χ4n) is 3.25. The van der Waals surface area contributed by atoms with Crippen LogP contribution in [0.15, 0.2) is 30.3 Å². The predicted octanol–water partition coefficient (Wildman–Crippen LogP) is 4.21. The van der Waals surface area contributed by atoms with E-state index >= 15 is 0 Å². The van der Waals surface area contributed by atoms with Crippen LogP contribution >= 0.6 is 0 Å². The summed E-state index contributed by atoms with van der Waals surface area (Å²) in [6.45, 7) is 2.93. The Balaban J connectivity index is 2.16. The SMILES string of the molecule is CCN1Cc2cc(OC)c(OC)cc2-c2cccc(NC(=O)C(F)(F)F)c21. The number of nitrogens with zero attached hydrogens (tertiary/aromatic N) is 1. The monoisotopic (exact) mass is 380 g/mol. The lowest BCUT2D eigenvalue weighted by Crippen LogP contribution is -2.32. The molecule has 0 unspecified atom stereocenters. The van der Waals surface area contributed by atoms with Gasteiger partial charge in [0.25, 0.3) is 0 Å². The number of carbonyl (C=O) groups is 1. The molecular weight excluding hydrogens is 361 g/mol. The summed E-state index contributed by atoms with van der Waals surface area (Å²) in [4.78, 5) is 13.4. The zero-order chi connectivity index (χ0) is 19.8. The standard InChI is InChI=1S/C19H19F3N2O3/c1-4-24-10-11-8-15(26-2)16(27-3)9-13(11)12-6-5-7-14(17(12)24)23-18(25)19(20,21)22/h5-9H,4,10H2,1-3H3,(H,23,25). The average molecular weight is 380 g/mol. The summed E-state index contributed by atoms with van der Waals surface area (Å²) in [6.07, 6.45) is -4.96. The third-order valence-electron chi connectivity index (χ3n) is 4.50. The summed E-state index contributed by atoms with van der Waals surface area (Å²) in [5, 5.41) is 1.99. The summed E-state index contributed by atoms with van der Waals surface area (Å²) >= 11 is 0. The lowest BCUT2D eigenvalue weighted by Gasteiger charge is -2.34. The van der Waals surface area contributed by atoms with Gasteiger partial charge in [0.15, 0.2) is 11.5 Å². The number of hydrogen-bond donors (Lipinski definition) is 1. The summed E-state index contributed by atoms with van der Waals surface area (Å²) in [7, 11) is 3.07. The first-order chi connectivity index (χ1) is 12.8. The number of halogens is 3. The van der Waals surface area contributed by atoms with E-state index in [4.69, 9.17) is 9.47 Å². The van der Waals surface area contributed by atoms with Gasteiger partial charge in [-0.2, -0.15) is 13.2 Å².